The van der Waals surface area contributed by atoms with Crippen molar-refractivity contribution < 1.29 is 0 Å². The summed E-state index contributed by atoms with van der Waals surface area (Å²) in [7, 11) is -0.827. The van der Waals surface area contributed by atoms with Crippen molar-refractivity contribution in [3.63, 3.8) is 0 Å². The van der Waals surface area contributed by atoms with Crippen LogP contribution >= 0.6 is 7.26 Å². The van der Waals surface area contributed by atoms with Crippen LogP contribution in [0, 0.1) is 0 Å². The van der Waals surface area contributed by atoms with Crippen LogP contribution in [0.3, 0.4) is 0 Å². The second-order valence-corrected chi connectivity index (χ2v) is 9.77. The van der Waals surface area contributed by atoms with Crippen molar-refractivity contribution in [3.05, 3.63) is 0 Å². The minimum absolute atomic E-state index is 0.827. The predicted octanol–water partition coefficient (Wildman–Crippen LogP) is 3.59. The van der Waals surface area contributed by atoms with Gasteiger partial charge in [0, 0.05) is 0 Å². The van der Waals surface area contributed by atoms with Crippen LogP contribution in [0.1, 0.15) is 40.5 Å². The molecule has 0 N–H and O–H groups in total. The number of hydrogen-bond acceptors (Lipinski definition) is 0. The van der Waals surface area contributed by atoms with E-state index in [1.54, 1.807) is 0 Å². The van der Waals surface area contributed by atoms with E-state index in [9.17, 15) is 0 Å². The molecule has 0 saturated heterocycles. The van der Waals surface area contributed by atoms with Crippen molar-refractivity contribution in [2.24, 2.45) is 0 Å². The topological polar surface area (TPSA) is 0 Å². The summed E-state index contributed by atoms with van der Waals surface area (Å²) in [5.74, 6) is 0. The van der Waals surface area contributed by atoms with Gasteiger partial charge in [-0.2, -0.15) is 0 Å². The quantitative estimate of drug-likeness (QED) is 0.561. The van der Waals surface area contributed by atoms with Crippen molar-refractivity contribution in [2.75, 3.05) is 19.0 Å². The van der Waals surface area contributed by atoms with Gasteiger partial charge in [-0.1, -0.05) is 0 Å². The van der Waals surface area contributed by atoms with Gasteiger partial charge in [-0.3, -0.25) is 0 Å². The standard InChI is InChI=1S/C10H25P/c1-6-8-11(5,9-7-2)10(3)4/h10-11H,6-9H2,1-5H3. The van der Waals surface area contributed by atoms with E-state index in [0.717, 1.165) is 5.66 Å². The van der Waals surface area contributed by atoms with Crippen LogP contribution in [-0.4, -0.2) is 24.6 Å². The molecule has 0 saturated carbocycles. The molecule has 70 valence electrons. The molecule has 0 bridgehead atoms. The maximum absolute atomic E-state index is 2.57. The van der Waals surface area contributed by atoms with E-state index in [2.05, 4.69) is 34.4 Å². The van der Waals surface area contributed by atoms with E-state index in [1.807, 2.05) is 0 Å². The average Bonchev–Trinajstić information content (AvgIpc) is 1.88. The molecule has 0 radical (unpaired) electrons. The van der Waals surface area contributed by atoms with Crippen LogP contribution in [0.15, 0.2) is 0 Å². The maximum atomic E-state index is 2.57. The van der Waals surface area contributed by atoms with Gasteiger partial charge in [-0.05, 0) is 0 Å². The Balaban J connectivity index is 4.01. The second kappa shape index (κ2) is 5.14. The predicted molar refractivity (Wildman–Crippen MR) is 59.7 cm³/mol. The van der Waals surface area contributed by atoms with Gasteiger partial charge in [0.2, 0.25) is 0 Å². The van der Waals surface area contributed by atoms with E-state index in [0.29, 0.717) is 0 Å². The number of hydrogen-bond donors (Lipinski definition) is 0. The zero-order chi connectivity index (χ0) is 8.91. The molecule has 0 aromatic carbocycles. The Morgan fingerprint density at radius 2 is 1.36 bits per heavy atom. The van der Waals surface area contributed by atoms with Gasteiger partial charge in [0.15, 0.2) is 0 Å². The van der Waals surface area contributed by atoms with Gasteiger partial charge in [0.05, 0.1) is 0 Å². The van der Waals surface area contributed by atoms with Crippen molar-refractivity contribution in [3.8, 4) is 0 Å². The third kappa shape index (κ3) is 3.56. The molecule has 1 heteroatoms. The molecule has 0 spiro atoms. The molecule has 0 aromatic heterocycles. The normalized spacial score (nSPS) is 14.0. The van der Waals surface area contributed by atoms with E-state index >= 15 is 0 Å². The molecule has 0 unspecified atom stereocenters. The summed E-state index contributed by atoms with van der Waals surface area (Å²) in [5, 5.41) is 0. The van der Waals surface area contributed by atoms with Crippen molar-refractivity contribution in [1.29, 1.82) is 0 Å². The van der Waals surface area contributed by atoms with Crippen molar-refractivity contribution in [1.82, 2.24) is 0 Å². The van der Waals surface area contributed by atoms with E-state index < -0.39 is 7.26 Å². The summed E-state index contributed by atoms with van der Waals surface area (Å²) in [6.45, 7) is 12.0. The molecule has 11 heavy (non-hydrogen) atoms. The molecule has 0 amide bonds. The Kier molecular flexibility index (Phi) is 5.34. The Labute approximate surface area is 73.1 Å². The van der Waals surface area contributed by atoms with Gasteiger partial charge < -0.3 is 0 Å². The molecule has 0 rings (SSSR count). The summed E-state index contributed by atoms with van der Waals surface area (Å²) >= 11 is 0. The first-order chi connectivity index (χ1) is 5.06. The molecule has 0 heterocycles. The Hall–Kier alpha value is 0.430. The van der Waals surface area contributed by atoms with Crippen LogP contribution in [0.2, 0.25) is 0 Å². The van der Waals surface area contributed by atoms with Crippen LogP contribution in [-0.2, 0) is 0 Å². The molecular formula is C10H25P. The Morgan fingerprint density at radius 1 is 1.00 bits per heavy atom. The minimum atomic E-state index is -0.827. The zero-order valence-electron chi connectivity index (χ0n) is 8.91. The van der Waals surface area contributed by atoms with Gasteiger partial charge in [0.25, 0.3) is 0 Å². The van der Waals surface area contributed by atoms with E-state index in [1.165, 1.54) is 25.2 Å². The van der Waals surface area contributed by atoms with Crippen LogP contribution < -0.4 is 0 Å². The molecule has 0 fully saturated rings. The van der Waals surface area contributed by atoms with E-state index in [4.69, 9.17) is 0 Å². The van der Waals surface area contributed by atoms with Gasteiger partial charge in [0.1, 0.15) is 0 Å². The average molecular weight is 176 g/mol. The second-order valence-electron chi connectivity index (χ2n) is 4.31. The third-order valence-electron chi connectivity index (χ3n) is 3.04. The van der Waals surface area contributed by atoms with Gasteiger partial charge in [-0.25, -0.2) is 0 Å². The molecule has 0 aliphatic heterocycles. The SMILES string of the molecule is CCC[PH](C)(CCC)C(C)C. The molecule has 0 atom stereocenters. The summed E-state index contributed by atoms with van der Waals surface area (Å²) in [5.41, 5.74) is 0.974. The fraction of sp³-hybridized carbons (Fsp3) is 1.00. The molecule has 0 aromatic rings. The summed E-state index contributed by atoms with van der Waals surface area (Å²) < 4.78 is 0. The van der Waals surface area contributed by atoms with Gasteiger partial charge >= 0.3 is 72.4 Å². The molecule has 0 nitrogen and oxygen atoms in total. The summed E-state index contributed by atoms with van der Waals surface area (Å²) in [6, 6.07) is 0. The molecular weight excluding hydrogens is 151 g/mol. The first-order valence-corrected chi connectivity index (χ1v) is 8.06. The fourth-order valence-corrected chi connectivity index (χ4v) is 5.53. The first kappa shape index (κ1) is 11.4. The van der Waals surface area contributed by atoms with Crippen molar-refractivity contribution >= 4 is 7.26 Å². The summed E-state index contributed by atoms with van der Waals surface area (Å²) in [4.78, 5) is 0. The molecule has 0 aliphatic carbocycles. The first-order valence-electron chi connectivity index (χ1n) is 5.06. The number of rotatable bonds is 5. The summed E-state index contributed by atoms with van der Waals surface area (Å²) in [6.07, 6.45) is 5.83. The Bertz CT molecular complexity index is 91.0. The fourth-order valence-electron chi connectivity index (χ4n) is 1.84. The Morgan fingerprint density at radius 3 is 1.55 bits per heavy atom. The van der Waals surface area contributed by atoms with Crippen molar-refractivity contribution in [2.45, 2.75) is 46.2 Å². The monoisotopic (exact) mass is 176 g/mol. The van der Waals surface area contributed by atoms with Crippen LogP contribution in [0.4, 0.5) is 0 Å². The third-order valence-corrected chi connectivity index (χ3v) is 9.11. The van der Waals surface area contributed by atoms with Crippen LogP contribution in [0.5, 0.6) is 0 Å². The zero-order valence-corrected chi connectivity index (χ0v) is 9.91. The molecule has 0 aliphatic rings. The van der Waals surface area contributed by atoms with Crippen LogP contribution in [0.25, 0.3) is 0 Å². The van der Waals surface area contributed by atoms with Gasteiger partial charge in [-0.15, -0.1) is 0 Å². The van der Waals surface area contributed by atoms with E-state index in [-0.39, 0.29) is 0 Å².